The number of hydrogen-bond donors (Lipinski definition) is 1. The molecule has 1 saturated heterocycles. The fourth-order valence-electron chi connectivity index (χ4n) is 5.34. The number of nitrogens with zero attached hydrogens (tertiary/aromatic N) is 4. The Bertz CT molecular complexity index is 1020. The number of hydrogen-bond acceptors (Lipinski definition) is 5. The largest absolute Gasteiger partial charge is 0.384 e. The van der Waals surface area contributed by atoms with E-state index in [4.69, 9.17) is 0 Å². The number of fused-ring (bicyclic) bond motifs is 2. The molecule has 170 valence electrons. The Kier molecular flexibility index (Phi) is 4.54. The Morgan fingerprint density at radius 2 is 1.90 bits per heavy atom. The van der Waals surface area contributed by atoms with Gasteiger partial charge in [-0.25, -0.2) is 22.4 Å². The summed E-state index contributed by atoms with van der Waals surface area (Å²) in [4.78, 5) is 18.4. The molecule has 2 saturated carbocycles. The molecule has 2 aliphatic carbocycles. The van der Waals surface area contributed by atoms with Gasteiger partial charge >= 0.3 is 10.2 Å². The summed E-state index contributed by atoms with van der Waals surface area (Å²) in [5.41, 5.74) is 1.14. The zero-order chi connectivity index (χ0) is 22.3. The number of anilines is 2. The molecule has 2 aliphatic heterocycles. The molecule has 1 N–H and O–H groups in total. The molecule has 11 heteroatoms. The van der Waals surface area contributed by atoms with Crippen LogP contribution >= 0.6 is 0 Å². The predicted molar refractivity (Wildman–Crippen MR) is 109 cm³/mol. The Labute approximate surface area is 180 Å². The van der Waals surface area contributed by atoms with Gasteiger partial charge in [0.1, 0.15) is 6.10 Å². The van der Waals surface area contributed by atoms with Crippen molar-refractivity contribution in [1.29, 1.82) is 0 Å². The highest BCUT2D eigenvalue weighted by Gasteiger charge is 2.59. The fraction of sp³-hybridized carbons (Fsp3) is 0.700. The van der Waals surface area contributed by atoms with Crippen LogP contribution in [0.15, 0.2) is 12.1 Å². The third-order valence-electron chi connectivity index (χ3n) is 7.25. The van der Waals surface area contributed by atoms with Crippen molar-refractivity contribution in [2.75, 3.05) is 35.3 Å². The average molecular weight is 457 g/mol. The Balaban J connectivity index is 1.33. The first-order valence-electron chi connectivity index (χ1n) is 10.6. The Morgan fingerprint density at radius 1 is 1.29 bits per heavy atom. The minimum Gasteiger partial charge on any atom is -0.384 e. The molecule has 0 bridgehead atoms. The molecule has 0 spiro atoms. The van der Waals surface area contributed by atoms with Gasteiger partial charge < -0.3 is 10.0 Å². The van der Waals surface area contributed by atoms with Gasteiger partial charge in [0.25, 0.3) is 11.8 Å². The second kappa shape index (κ2) is 6.74. The first kappa shape index (κ1) is 20.9. The fourth-order valence-corrected chi connectivity index (χ4v) is 6.74. The first-order valence-corrected chi connectivity index (χ1v) is 12.0. The number of likely N-dealkylation sites (tertiary alicyclic amines) is 1. The van der Waals surface area contributed by atoms with Crippen LogP contribution in [0.5, 0.6) is 0 Å². The van der Waals surface area contributed by atoms with Crippen molar-refractivity contribution in [3.63, 3.8) is 0 Å². The Hall–Kier alpha value is -2.01. The topological polar surface area (TPSA) is 94.0 Å². The lowest BCUT2D eigenvalue weighted by Gasteiger charge is -2.20. The maximum Gasteiger partial charge on any atom is 0.327 e. The van der Waals surface area contributed by atoms with E-state index in [0.29, 0.717) is 30.6 Å². The summed E-state index contributed by atoms with van der Waals surface area (Å²) in [6, 6.07) is 3.48. The molecule has 1 aromatic rings. The van der Waals surface area contributed by atoms with Gasteiger partial charge in [-0.1, -0.05) is 0 Å². The second-order valence-electron chi connectivity index (χ2n) is 9.35. The highest BCUT2D eigenvalue weighted by molar-refractivity contribution is 7.94. The van der Waals surface area contributed by atoms with Crippen LogP contribution < -0.4 is 8.61 Å². The lowest BCUT2D eigenvalue weighted by Crippen LogP contribution is -2.37. The molecular weight excluding hydrogens is 430 g/mol. The van der Waals surface area contributed by atoms with Gasteiger partial charge in [-0.3, -0.25) is 4.79 Å². The van der Waals surface area contributed by atoms with Crippen LogP contribution in [0.25, 0.3) is 0 Å². The second-order valence-corrected chi connectivity index (χ2v) is 11.2. The molecule has 1 amide bonds. The molecule has 1 aromatic heterocycles. The van der Waals surface area contributed by atoms with Crippen molar-refractivity contribution in [3.8, 4) is 0 Å². The van der Waals surface area contributed by atoms with Gasteiger partial charge in [-0.15, -0.1) is 0 Å². The van der Waals surface area contributed by atoms with Crippen molar-refractivity contribution < 1.29 is 27.1 Å². The standard InChI is InChI=1S/C20H26F2N4O4S/c1-11(27)19(28)25-8-13-5-12(6-14(13)9-25)16-3-4-17-18(23-16)24(2)31(29,30)26(17)10-15-7-20(15,21)22/h3-4,11-15,27H,5-10H2,1-2H3/t11-,12?,13?,14?,15?/m1/s1. The summed E-state index contributed by atoms with van der Waals surface area (Å²) >= 11 is 0. The van der Waals surface area contributed by atoms with E-state index >= 15 is 0 Å². The maximum absolute atomic E-state index is 13.4. The van der Waals surface area contributed by atoms with Crippen LogP contribution in [0, 0.1) is 17.8 Å². The van der Waals surface area contributed by atoms with Crippen LogP contribution in [0.1, 0.15) is 37.8 Å². The van der Waals surface area contributed by atoms with Gasteiger partial charge in [0, 0.05) is 50.6 Å². The lowest BCUT2D eigenvalue weighted by molar-refractivity contribution is -0.138. The number of aliphatic hydroxyl groups is 1. The van der Waals surface area contributed by atoms with Crippen LogP contribution in [0.4, 0.5) is 20.3 Å². The van der Waals surface area contributed by atoms with Crippen LogP contribution in [0.3, 0.4) is 0 Å². The van der Waals surface area contributed by atoms with E-state index in [-0.39, 0.29) is 30.6 Å². The van der Waals surface area contributed by atoms with Crippen LogP contribution in [0.2, 0.25) is 0 Å². The highest BCUT2D eigenvalue weighted by atomic mass is 32.2. The summed E-state index contributed by atoms with van der Waals surface area (Å²) < 4.78 is 54.5. The number of carbonyl (C=O) groups excluding carboxylic acids is 1. The molecule has 4 aliphatic rings. The molecular formula is C20H26F2N4O4S. The molecule has 3 unspecified atom stereocenters. The number of pyridine rings is 1. The van der Waals surface area contributed by atoms with E-state index in [1.165, 1.54) is 14.0 Å². The van der Waals surface area contributed by atoms with E-state index < -0.39 is 28.2 Å². The first-order chi connectivity index (χ1) is 14.5. The quantitative estimate of drug-likeness (QED) is 0.742. The highest BCUT2D eigenvalue weighted by Crippen LogP contribution is 2.52. The monoisotopic (exact) mass is 456 g/mol. The minimum atomic E-state index is -3.91. The molecule has 5 rings (SSSR count). The number of rotatable bonds is 4. The van der Waals surface area contributed by atoms with Gasteiger partial charge in [-0.2, -0.15) is 8.42 Å². The van der Waals surface area contributed by atoms with Crippen molar-refractivity contribution >= 4 is 27.6 Å². The molecule has 4 atom stereocenters. The van der Waals surface area contributed by atoms with Crippen molar-refractivity contribution in [2.24, 2.45) is 17.8 Å². The number of carbonyl (C=O) groups is 1. The van der Waals surface area contributed by atoms with Gasteiger partial charge in [0.05, 0.1) is 5.69 Å². The normalized spacial score (nSPS) is 33.4. The van der Waals surface area contributed by atoms with E-state index in [9.17, 15) is 27.1 Å². The summed E-state index contributed by atoms with van der Waals surface area (Å²) in [5.74, 6) is -2.89. The maximum atomic E-state index is 13.4. The van der Waals surface area contributed by atoms with E-state index in [0.717, 1.165) is 27.1 Å². The van der Waals surface area contributed by atoms with Crippen molar-refractivity contribution in [1.82, 2.24) is 9.88 Å². The lowest BCUT2D eigenvalue weighted by atomic mass is 10.0. The summed E-state index contributed by atoms with van der Waals surface area (Å²) in [6.07, 6.45) is 0.399. The third-order valence-corrected chi connectivity index (χ3v) is 9.02. The molecule has 3 heterocycles. The summed E-state index contributed by atoms with van der Waals surface area (Å²) in [6.45, 7) is 2.47. The van der Waals surface area contributed by atoms with Gasteiger partial charge in [0.15, 0.2) is 5.82 Å². The van der Waals surface area contributed by atoms with E-state index in [1.54, 1.807) is 17.0 Å². The average Bonchev–Trinajstić information content (AvgIpc) is 3.01. The van der Waals surface area contributed by atoms with Crippen LogP contribution in [-0.2, 0) is 15.0 Å². The summed E-state index contributed by atoms with van der Waals surface area (Å²) in [7, 11) is -2.51. The number of halogens is 2. The number of aromatic nitrogens is 1. The molecule has 0 aromatic carbocycles. The molecule has 31 heavy (non-hydrogen) atoms. The van der Waals surface area contributed by atoms with E-state index in [1.807, 2.05) is 0 Å². The number of aliphatic hydroxyl groups excluding tert-OH is 1. The third kappa shape index (κ3) is 3.27. The number of alkyl halides is 2. The smallest absolute Gasteiger partial charge is 0.327 e. The minimum absolute atomic E-state index is 0.155. The SMILES string of the molecule is C[C@@H](O)C(=O)N1CC2CC(c3ccc4c(n3)N(C)S(=O)(=O)N4CC3CC3(F)F)CC2C1. The summed E-state index contributed by atoms with van der Waals surface area (Å²) in [5, 5.41) is 9.54. The van der Waals surface area contributed by atoms with Gasteiger partial charge in [0.2, 0.25) is 0 Å². The van der Waals surface area contributed by atoms with Crippen molar-refractivity contribution in [3.05, 3.63) is 17.8 Å². The molecule has 3 fully saturated rings. The van der Waals surface area contributed by atoms with E-state index in [2.05, 4.69) is 4.98 Å². The van der Waals surface area contributed by atoms with Crippen LogP contribution in [-0.4, -0.2) is 68.0 Å². The molecule has 8 nitrogen and oxygen atoms in total. The van der Waals surface area contributed by atoms with Crippen molar-refractivity contribution in [2.45, 2.75) is 44.1 Å². The zero-order valence-corrected chi connectivity index (χ0v) is 18.2. The Morgan fingerprint density at radius 3 is 2.45 bits per heavy atom. The number of amides is 1. The molecule has 0 radical (unpaired) electrons. The zero-order valence-electron chi connectivity index (χ0n) is 17.4. The van der Waals surface area contributed by atoms with Gasteiger partial charge in [-0.05, 0) is 43.7 Å². The predicted octanol–water partition coefficient (Wildman–Crippen LogP) is 1.57.